The van der Waals surface area contributed by atoms with Crippen LogP contribution in [0.3, 0.4) is 0 Å². The zero-order valence-corrected chi connectivity index (χ0v) is 23.2. The summed E-state index contributed by atoms with van der Waals surface area (Å²) in [7, 11) is 1.72. The first kappa shape index (κ1) is 27.4. The number of carbonyl (C=O) groups is 2. The number of aryl methyl sites for hydroxylation is 2. The molecule has 1 unspecified atom stereocenters. The summed E-state index contributed by atoms with van der Waals surface area (Å²) in [4.78, 5) is 34.9. The third-order valence-corrected chi connectivity index (χ3v) is 6.95. The van der Waals surface area contributed by atoms with Crippen molar-refractivity contribution in [2.24, 2.45) is 0 Å². The molecule has 2 fully saturated rings. The molecule has 2 aliphatic rings. The third kappa shape index (κ3) is 6.62. The summed E-state index contributed by atoms with van der Waals surface area (Å²) in [6, 6.07) is 4.18. The first-order valence-corrected chi connectivity index (χ1v) is 13.5. The molecule has 0 radical (unpaired) electrons. The molecule has 1 saturated heterocycles. The van der Waals surface area contributed by atoms with Crippen LogP contribution in [0.1, 0.15) is 70.7 Å². The van der Waals surface area contributed by atoms with Gasteiger partial charge in [-0.3, -0.25) is 4.79 Å². The van der Waals surface area contributed by atoms with Crippen molar-refractivity contribution < 1.29 is 23.8 Å². The third-order valence-electron chi connectivity index (χ3n) is 6.95. The Morgan fingerprint density at radius 3 is 2.68 bits per heavy atom. The first-order valence-electron chi connectivity index (χ1n) is 13.5. The summed E-state index contributed by atoms with van der Waals surface area (Å²) < 4.78 is 18.9. The van der Waals surface area contributed by atoms with Gasteiger partial charge in [-0.15, -0.1) is 0 Å². The first-order chi connectivity index (χ1) is 17.6. The lowest BCUT2D eigenvalue weighted by Crippen LogP contribution is -2.54. The molecule has 4 rings (SSSR count). The van der Waals surface area contributed by atoms with Gasteiger partial charge in [0.05, 0.1) is 19.2 Å². The summed E-state index contributed by atoms with van der Waals surface area (Å²) in [5, 5.41) is 1.07. The summed E-state index contributed by atoms with van der Waals surface area (Å²) in [5.74, 6) is -0.0654. The van der Waals surface area contributed by atoms with E-state index >= 15 is 0 Å². The number of rotatable bonds is 9. The fourth-order valence-electron chi connectivity index (χ4n) is 4.96. The normalized spacial score (nSPS) is 19.2. The molecule has 9 nitrogen and oxygen atoms in total. The van der Waals surface area contributed by atoms with E-state index in [1.165, 1.54) is 0 Å². The summed E-state index contributed by atoms with van der Waals surface area (Å²) in [5.41, 5.74) is 2.42. The second kappa shape index (κ2) is 11.4. The second-order valence-electron chi connectivity index (χ2n) is 11.2. The molecule has 9 heteroatoms. The van der Waals surface area contributed by atoms with Crippen LogP contribution in [-0.4, -0.2) is 82.5 Å². The number of methoxy groups -OCH3 is 1. The molecular formula is C28H42N4O5. The maximum atomic E-state index is 13.9. The molecule has 2 amide bonds. The van der Waals surface area contributed by atoms with E-state index in [1.807, 2.05) is 38.7 Å². The number of nitrogens with zero attached hydrogens (tertiary/aromatic N) is 4. The highest BCUT2D eigenvalue weighted by atomic mass is 16.6. The molecule has 0 N–H and O–H groups in total. The summed E-state index contributed by atoms with van der Waals surface area (Å²) >= 11 is 0. The Morgan fingerprint density at radius 1 is 1.24 bits per heavy atom. The highest BCUT2D eigenvalue weighted by molar-refractivity contribution is 5.86. The van der Waals surface area contributed by atoms with Crippen LogP contribution in [0.15, 0.2) is 18.3 Å². The van der Waals surface area contributed by atoms with Crippen LogP contribution >= 0.6 is 0 Å². The quantitative estimate of drug-likeness (QED) is 0.460. The number of pyridine rings is 1. The fraction of sp³-hybridized carbons (Fsp3) is 0.679. The van der Waals surface area contributed by atoms with Gasteiger partial charge in [0.25, 0.3) is 5.91 Å². The number of amides is 2. The molecule has 0 aromatic carbocycles. The van der Waals surface area contributed by atoms with Gasteiger partial charge in [0.15, 0.2) is 6.10 Å². The number of hydrogen-bond acceptors (Lipinski definition) is 6. The number of unbranched alkanes of at least 4 members (excludes halogenated alkanes) is 1. The predicted octanol–water partition coefficient (Wildman–Crippen LogP) is 4.46. The minimum atomic E-state index is -0.702. The van der Waals surface area contributed by atoms with Crippen molar-refractivity contribution in [3.8, 4) is 0 Å². The number of ether oxygens (including phenoxy) is 3. The number of fused-ring (bicyclic) bond motifs is 1. The molecule has 2 aromatic heterocycles. The van der Waals surface area contributed by atoms with Gasteiger partial charge in [-0.05, 0) is 72.4 Å². The van der Waals surface area contributed by atoms with Crippen LogP contribution in [0.5, 0.6) is 0 Å². The molecule has 0 spiro atoms. The molecular weight excluding hydrogens is 472 g/mol. The van der Waals surface area contributed by atoms with Crippen molar-refractivity contribution in [3.63, 3.8) is 0 Å². The number of hydrogen-bond donors (Lipinski definition) is 0. The minimum absolute atomic E-state index is 0.0654. The maximum Gasteiger partial charge on any atom is 0.410 e. The molecule has 1 aliphatic carbocycles. The average molecular weight is 515 g/mol. The maximum absolute atomic E-state index is 13.9. The van der Waals surface area contributed by atoms with Gasteiger partial charge >= 0.3 is 6.09 Å². The lowest BCUT2D eigenvalue weighted by Gasteiger charge is -2.37. The van der Waals surface area contributed by atoms with E-state index in [-0.39, 0.29) is 24.5 Å². The second-order valence-corrected chi connectivity index (χ2v) is 11.2. The highest BCUT2D eigenvalue weighted by Gasteiger charge is 2.42. The lowest BCUT2D eigenvalue weighted by atomic mass is 10.1. The van der Waals surface area contributed by atoms with Gasteiger partial charge < -0.3 is 28.6 Å². The van der Waals surface area contributed by atoms with E-state index in [0.717, 1.165) is 61.1 Å². The van der Waals surface area contributed by atoms with Crippen molar-refractivity contribution in [1.82, 2.24) is 19.4 Å². The van der Waals surface area contributed by atoms with Gasteiger partial charge in [0, 0.05) is 55.7 Å². The monoisotopic (exact) mass is 514 g/mol. The molecule has 37 heavy (non-hydrogen) atoms. The molecule has 1 aliphatic heterocycles. The summed E-state index contributed by atoms with van der Waals surface area (Å²) in [6.07, 6.45) is 4.98. The molecule has 204 valence electrons. The van der Waals surface area contributed by atoms with Gasteiger partial charge in [-0.2, -0.15) is 0 Å². The van der Waals surface area contributed by atoms with E-state index in [2.05, 4.69) is 23.8 Å². The fourth-order valence-corrected chi connectivity index (χ4v) is 4.96. The number of morpholine rings is 1. The SMILES string of the molecule is COCCCCn1cc(C(C)N(C(=O)[C@H]2CN(C(=O)OC(C)(C)C)CCO2)C2CC2)c2ccc(C)nc21. The highest BCUT2D eigenvalue weighted by Crippen LogP contribution is 2.38. The van der Waals surface area contributed by atoms with Crippen LogP contribution in [-0.2, 0) is 25.5 Å². The number of carbonyl (C=O) groups excluding carboxylic acids is 2. The Labute approximate surface area is 220 Å². The van der Waals surface area contributed by atoms with Gasteiger partial charge in [0.1, 0.15) is 11.2 Å². The minimum Gasteiger partial charge on any atom is -0.444 e. The summed E-state index contributed by atoms with van der Waals surface area (Å²) in [6.45, 7) is 12.1. The van der Waals surface area contributed by atoms with Crippen LogP contribution in [0.2, 0.25) is 0 Å². The van der Waals surface area contributed by atoms with Crippen molar-refractivity contribution in [3.05, 3.63) is 29.6 Å². The van der Waals surface area contributed by atoms with Crippen molar-refractivity contribution >= 4 is 23.0 Å². The van der Waals surface area contributed by atoms with Crippen molar-refractivity contribution in [1.29, 1.82) is 0 Å². The largest absolute Gasteiger partial charge is 0.444 e. The van der Waals surface area contributed by atoms with Gasteiger partial charge in [-0.25, -0.2) is 9.78 Å². The Kier molecular flexibility index (Phi) is 8.43. The number of aromatic nitrogens is 2. The van der Waals surface area contributed by atoms with Gasteiger partial charge in [-0.1, -0.05) is 0 Å². The standard InChI is InChI=1S/C28H42N4O5/c1-19-9-12-22-23(17-30(25(22)29-19)13-7-8-15-35-6)20(2)32(21-10-11-21)26(33)24-18-31(14-16-36-24)27(34)37-28(3,4)5/h9,12,17,20-21,24H,7-8,10-11,13-16,18H2,1-6H3/t20?,24-/m1/s1. The Hall–Kier alpha value is -2.65. The molecule has 2 atom stereocenters. The van der Waals surface area contributed by atoms with E-state index in [1.54, 1.807) is 12.0 Å². The van der Waals surface area contributed by atoms with Crippen molar-refractivity contribution in [2.45, 2.75) is 90.6 Å². The van der Waals surface area contributed by atoms with Crippen LogP contribution in [0.25, 0.3) is 11.0 Å². The van der Waals surface area contributed by atoms with Gasteiger partial charge in [0.2, 0.25) is 0 Å². The van der Waals surface area contributed by atoms with E-state index in [4.69, 9.17) is 19.2 Å². The predicted molar refractivity (Wildman–Crippen MR) is 141 cm³/mol. The van der Waals surface area contributed by atoms with Crippen LogP contribution in [0.4, 0.5) is 4.79 Å². The Morgan fingerprint density at radius 2 is 2.00 bits per heavy atom. The van der Waals surface area contributed by atoms with E-state index in [0.29, 0.717) is 13.2 Å². The zero-order chi connectivity index (χ0) is 26.7. The van der Waals surface area contributed by atoms with Crippen molar-refractivity contribution in [2.75, 3.05) is 33.4 Å². The molecule has 1 saturated carbocycles. The Bertz CT molecular complexity index is 1100. The smallest absolute Gasteiger partial charge is 0.410 e. The zero-order valence-electron chi connectivity index (χ0n) is 23.2. The van der Waals surface area contributed by atoms with Crippen LogP contribution < -0.4 is 0 Å². The molecule has 3 heterocycles. The molecule has 2 aromatic rings. The molecule has 0 bridgehead atoms. The van der Waals surface area contributed by atoms with E-state index < -0.39 is 17.8 Å². The topological polar surface area (TPSA) is 86.1 Å². The average Bonchev–Trinajstić information content (AvgIpc) is 3.62. The Balaban J connectivity index is 1.55. The van der Waals surface area contributed by atoms with E-state index in [9.17, 15) is 9.59 Å². The lowest BCUT2D eigenvalue weighted by molar-refractivity contribution is -0.151. The van der Waals surface area contributed by atoms with Crippen LogP contribution in [0, 0.1) is 6.92 Å².